The molecule has 0 aliphatic carbocycles. The van der Waals surface area contributed by atoms with Crippen LogP contribution in [0.5, 0.6) is 0 Å². The fourth-order valence-electron chi connectivity index (χ4n) is 3.52. The van der Waals surface area contributed by atoms with E-state index in [-0.39, 0.29) is 29.5 Å². The van der Waals surface area contributed by atoms with Crippen LogP contribution >= 0.6 is 0 Å². The minimum absolute atomic E-state index is 0.0875. The summed E-state index contributed by atoms with van der Waals surface area (Å²) in [6.45, 7) is 13.8. The van der Waals surface area contributed by atoms with Crippen molar-refractivity contribution >= 4 is 22.5 Å². The lowest BCUT2D eigenvalue weighted by molar-refractivity contribution is -0.117. The van der Waals surface area contributed by atoms with Crippen LogP contribution in [0, 0.1) is 13.8 Å². The van der Waals surface area contributed by atoms with Crippen LogP contribution in [0.4, 0.5) is 5.69 Å². The van der Waals surface area contributed by atoms with Gasteiger partial charge >= 0.3 is 0 Å². The molecule has 0 fully saturated rings. The average Bonchev–Trinajstić information content (AvgIpc) is 3.01. The van der Waals surface area contributed by atoms with E-state index in [1.807, 2.05) is 66.7 Å². The molecule has 0 spiro atoms. The summed E-state index contributed by atoms with van der Waals surface area (Å²) in [4.78, 5) is 25.8. The van der Waals surface area contributed by atoms with Gasteiger partial charge in [-0.1, -0.05) is 19.9 Å². The quantitative estimate of drug-likeness (QED) is 0.730. The Hall–Kier alpha value is -2.96. The van der Waals surface area contributed by atoms with Gasteiger partial charge in [0.25, 0.3) is 5.56 Å². The SMILES string of the molecule is Cc1cc(C)cc(NC(=O)Cn2nc(C(C)C)c3cnn(C(C)(C)C)c3c2=O)c1. The Bertz CT molecular complexity index is 1110. The normalized spacial score (nSPS) is 12.0. The monoisotopic (exact) mass is 395 g/mol. The molecule has 1 N–H and O–H groups in total. The lowest BCUT2D eigenvalue weighted by Gasteiger charge is -2.21. The summed E-state index contributed by atoms with van der Waals surface area (Å²) in [6.07, 6.45) is 1.70. The predicted octanol–water partition coefficient (Wildman–Crippen LogP) is 3.73. The van der Waals surface area contributed by atoms with Gasteiger partial charge in [-0.3, -0.25) is 14.3 Å². The average molecular weight is 396 g/mol. The summed E-state index contributed by atoms with van der Waals surface area (Å²) < 4.78 is 2.97. The number of carbonyl (C=O) groups is 1. The molecule has 7 nitrogen and oxygen atoms in total. The van der Waals surface area contributed by atoms with Crippen molar-refractivity contribution in [2.45, 2.75) is 66.5 Å². The van der Waals surface area contributed by atoms with Crippen molar-refractivity contribution in [3.05, 3.63) is 51.6 Å². The van der Waals surface area contributed by atoms with Crippen molar-refractivity contribution in [1.82, 2.24) is 19.6 Å². The van der Waals surface area contributed by atoms with Gasteiger partial charge in [-0.05, 0) is 63.8 Å². The Morgan fingerprint density at radius 2 is 1.76 bits per heavy atom. The van der Waals surface area contributed by atoms with Crippen molar-refractivity contribution in [3.63, 3.8) is 0 Å². The fraction of sp³-hybridized carbons (Fsp3) is 0.455. The zero-order valence-electron chi connectivity index (χ0n) is 18.2. The number of rotatable bonds is 4. The third kappa shape index (κ3) is 4.23. The second-order valence-corrected chi connectivity index (χ2v) is 8.92. The highest BCUT2D eigenvalue weighted by atomic mass is 16.2. The number of benzene rings is 1. The van der Waals surface area contributed by atoms with Gasteiger partial charge in [0, 0.05) is 11.1 Å². The first-order chi connectivity index (χ1) is 13.5. The van der Waals surface area contributed by atoms with Crippen LogP contribution in [0.25, 0.3) is 10.9 Å². The van der Waals surface area contributed by atoms with Crippen LogP contribution in [0.1, 0.15) is 57.4 Å². The first-order valence-corrected chi connectivity index (χ1v) is 9.84. The number of nitrogens with one attached hydrogen (secondary N) is 1. The van der Waals surface area contributed by atoms with Gasteiger partial charge in [0.1, 0.15) is 12.1 Å². The van der Waals surface area contributed by atoms with Crippen LogP contribution < -0.4 is 10.9 Å². The molecule has 29 heavy (non-hydrogen) atoms. The molecule has 3 rings (SSSR count). The van der Waals surface area contributed by atoms with Gasteiger partial charge in [-0.15, -0.1) is 0 Å². The molecule has 1 amide bonds. The molecule has 0 atom stereocenters. The van der Waals surface area contributed by atoms with Crippen LogP contribution in [0.3, 0.4) is 0 Å². The summed E-state index contributed by atoms with van der Waals surface area (Å²) >= 11 is 0. The summed E-state index contributed by atoms with van der Waals surface area (Å²) in [5, 5.41) is 12.6. The van der Waals surface area contributed by atoms with E-state index in [0.717, 1.165) is 22.2 Å². The molecule has 0 bridgehead atoms. The minimum Gasteiger partial charge on any atom is -0.324 e. The fourth-order valence-corrected chi connectivity index (χ4v) is 3.52. The molecule has 7 heteroatoms. The summed E-state index contributed by atoms with van der Waals surface area (Å²) in [5.74, 6) is -0.204. The smallest absolute Gasteiger partial charge is 0.293 e. The zero-order valence-corrected chi connectivity index (χ0v) is 18.2. The number of anilines is 1. The lowest BCUT2D eigenvalue weighted by Crippen LogP contribution is -2.34. The topological polar surface area (TPSA) is 81.8 Å². The molecular formula is C22H29N5O2. The number of aryl methyl sites for hydroxylation is 2. The number of nitrogens with zero attached hydrogens (tertiary/aromatic N) is 4. The number of amides is 1. The van der Waals surface area contributed by atoms with Gasteiger partial charge < -0.3 is 5.32 Å². The molecule has 1 aromatic carbocycles. The van der Waals surface area contributed by atoms with Crippen molar-refractivity contribution in [2.24, 2.45) is 0 Å². The van der Waals surface area contributed by atoms with Gasteiger partial charge in [-0.25, -0.2) is 4.68 Å². The van der Waals surface area contributed by atoms with E-state index in [4.69, 9.17) is 0 Å². The molecule has 154 valence electrons. The molecular weight excluding hydrogens is 366 g/mol. The Labute approximate surface area is 170 Å². The van der Waals surface area contributed by atoms with E-state index < -0.39 is 0 Å². The second kappa shape index (κ2) is 7.46. The summed E-state index contributed by atoms with van der Waals surface area (Å²) in [5.41, 5.74) is 3.40. The third-order valence-corrected chi connectivity index (χ3v) is 4.69. The largest absolute Gasteiger partial charge is 0.324 e. The van der Waals surface area contributed by atoms with Crippen LogP contribution in [-0.4, -0.2) is 25.5 Å². The molecule has 3 aromatic rings. The molecule has 0 aliphatic rings. The molecule has 2 aromatic heterocycles. The Balaban J connectivity index is 2.03. The Morgan fingerprint density at radius 3 is 2.31 bits per heavy atom. The first kappa shape index (κ1) is 20.8. The summed E-state index contributed by atoms with van der Waals surface area (Å²) in [7, 11) is 0. The molecule has 0 radical (unpaired) electrons. The van der Waals surface area contributed by atoms with Gasteiger partial charge in [0.15, 0.2) is 0 Å². The number of fused-ring (bicyclic) bond motifs is 1. The molecule has 0 saturated heterocycles. The first-order valence-electron chi connectivity index (χ1n) is 9.84. The maximum absolute atomic E-state index is 13.2. The number of hydrogen-bond donors (Lipinski definition) is 1. The second-order valence-electron chi connectivity index (χ2n) is 8.92. The Morgan fingerprint density at radius 1 is 1.14 bits per heavy atom. The number of aromatic nitrogens is 4. The molecule has 0 unspecified atom stereocenters. The standard InChI is InChI=1S/C22H29N5O2/c1-13(2)19-17-11-23-27(22(5,6)7)20(17)21(29)26(25-19)12-18(28)24-16-9-14(3)8-15(4)10-16/h8-11,13H,12H2,1-7H3,(H,24,28). The molecule has 0 saturated carbocycles. The van der Waals surface area contributed by atoms with Crippen molar-refractivity contribution < 1.29 is 4.79 Å². The van der Waals surface area contributed by atoms with Gasteiger partial charge in [0.2, 0.25) is 5.91 Å². The van der Waals surface area contributed by atoms with E-state index in [1.165, 1.54) is 4.68 Å². The number of hydrogen-bond acceptors (Lipinski definition) is 4. The zero-order chi connectivity index (χ0) is 21.5. The van der Waals surface area contributed by atoms with Crippen LogP contribution in [-0.2, 0) is 16.9 Å². The van der Waals surface area contributed by atoms with E-state index in [0.29, 0.717) is 11.2 Å². The van der Waals surface area contributed by atoms with Gasteiger partial charge in [-0.2, -0.15) is 10.2 Å². The molecule has 2 heterocycles. The van der Waals surface area contributed by atoms with E-state index >= 15 is 0 Å². The van der Waals surface area contributed by atoms with E-state index in [9.17, 15) is 9.59 Å². The maximum atomic E-state index is 13.2. The molecule has 0 aliphatic heterocycles. The number of carbonyl (C=O) groups excluding carboxylic acids is 1. The summed E-state index contributed by atoms with van der Waals surface area (Å²) in [6, 6.07) is 5.84. The van der Waals surface area contributed by atoms with Crippen molar-refractivity contribution in [2.75, 3.05) is 5.32 Å². The van der Waals surface area contributed by atoms with Gasteiger partial charge in [0.05, 0.1) is 17.4 Å². The van der Waals surface area contributed by atoms with Crippen molar-refractivity contribution in [3.8, 4) is 0 Å². The minimum atomic E-state index is -0.365. The third-order valence-electron chi connectivity index (χ3n) is 4.69. The highest BCUT2D eigenvalue weighted by Crippen LogP contribution is 2.24. The lowest BCUT2D eigenvalue weighted by atomic mass is 10.1. The van der Waals surface area contributed by atoms with Crippen LogP contribution in [0.15, 0.2) is 29.2 Å². The maximum Gasteiger partial charge on any atom is 0.293 e. The van der Waals surface area contributed by atoms with Crippen molar-refractivity contribution in [1.29, 1.82) is 0 Å². The highest BCUT2D eigenvalue weighted by Gasteiger charge is 2.24. The Kier molecular flexibility index (Phi) is 5.34. The predicted molar refractivity (Wildman–Crippen MR) is 115 cm³/mol. The highest BCUT2D eigenvalue weighted by molar-refractivity contribution is 5.91. The van der Waals surface area contributed by atoms with E-state index in [2.05, 4.69) is 15.5 Å². The van der Waals surface area contributed by atoms with Crippen LogP contribution in [0.2, 0.25) is 0 Å². The van der Waals surface area contributed by atoms with E-state index in [1.54, 1.807) is 10.9 Å².